The van der Waals surface area contributed by atoms with Crippen molar-refractivity contribution in [1.29, 1.82) is 0 Å². The van der Waals surface area contributed by atoms with Crippen LogP contribution in [0.2, 0.25) is 0 Å². The zero-order valence-corrected chi connectivity index (χ0v) is 50.4. The van der Waals surface area contributed by atoms with E-state index in [0.717, 1.165) is 38.5 Å². The Hall–Kier alpha value is -10.4. The summed E-state index contributed by atoms with van der Waals surface area (Å²) in [5.74, 6) is 1.40. The van der Waals surface area contributed by atoms with Gasteiger partial charge in [-0.1, -0.05) is 238 Å². The van der Waals surface area contributed by atoms with Gasteiger partial charge in [-0.25, -0.2) is 4.98 Å². The van der Waals surface area contributed by atoms with E-state index in [-0.39, 0.29) is 55.5 Å². The maximum absolute atomic E-state index is 10.7. The molecule has 0 amide bonds. The number of para-hydroxylation sites is 1. The minimum absolute atomic E-state index is 0.0429. The van der Waals surface area contributed by atoms with Gasteiger partial charge in [0.25, 0.3) is 6.33 Å². The van der Waals surface area contributed by atoms with Crippen molar-refractivity contribution in [2.45, 2.75) is 78.6 Å². The molecule has 0 aliphatic carbocycles. The van der Waals surface area contributed by atoms with Gasteiger partial charge in [0.1, 0.15) is 17.3 Å². The van der Waals surface area contributed by atoms with Crippen LogP contribution in [0.5, 0.6) is 11.5 Å². The molecular formula is C84H72N4O. The van der Waals surface area contributed by atoms with Crippen molar-refractivity contribution in [3.05, 3.63) is 296 Å². The first-order valence-corrected chi connectivity index (χ1v) is 29.1. The van der Waals surface area contributed by atoms with Crippen molar-refractivity contribution in [3.8, 4) is 95.5 Å². The predicted molar refractivity (Wildman–Crippen MR) is 371 cm³/mol. The molecule has 0 aliphatic rings. The maximum Gasteiger partial charge on any atom is 0.269 e. The third-order valence-electron chi connectivity index (χ3n) is 15.9. The fourth-order valence-corrected chi connectivity index (χ4v) is 11.2. The van der Waals surface area contributed by atoms with Crippen LogP contribution >= 0.6 is 0 Å². The van der Waals surface area contributed by atoms with Crippen LogP contribution in [0, 0.1) is 6.33 Å². The highest BCUT2D eigenvalue weighted by atomic mass is 16.5. The Balaban J connectivity index is 1.16. The summed E-state index contributed by atoms with van der Waals surface area (Å²) in [5.41, 5.74) is -0.356. The highest BCUT2D eigenvalue weighted by Crippen LogP contribution is 2.45. The lowest BCUT2D eigenvalue weighted by Crippen LogP contribution is -2.31. The Bertz CT molecular complexity index is 6170. The molecular weight excluding hydrogens is 1080 g/mol. The van der Waals surface area contributed by atoms with E-state index in [1.165, 1.54) is 12.1 Å². The number of fused-ring (bicyclic) bond motifs is 4. The van der Waals surface area contributed by atoms with Crippen molar-refractivity contribution in [2.24, 2.45) is 0 Å². The topological polar surface area (TPSA) is 35.9 Å². The lowest BCUT2D eigenvalue weighted by atomic mass is 9.78. The van der Waals surface area contributed by atoms with E-state index in [9.17, 15) is 15.1 Å². The van der Waals surface area contributed by atoms with E-state index in [1.54, 1.807) is 57.8 Å². The molecule has 434 valence electrons. The summed E-state index contributed by atoms with van der Waals surface area (Å²) in [7, 11) is 0. The second kappa shape index (κ2) is 22.4. The van der Waals surface area contributed by atoms with E-state index in [4.69, 9.17) is 26.2 Å². The molecule has 0 saturated heterocycles. The van der Waals surface area contributed by atoms with Gasteiger partial charge < -0.3 is 4.74 Å². The van der Waals surface area contributed by atoms with Gasteiger partial charge in [-0.05, 0) is 185 Å². The van der Waals surface area contributed by atoms with Gasteiger partial charge in [0.05, 0.1) is 65.0 Å². The van der Waals surface area contributed by atoms with Gasteiger partial charge in [0.15, 0.2) is 0 Å². The van der Waals surface area contributed by atoms with Gasteiger partial charge in [0, 0.05) is 23.0 Å². The quantitative estimate of drug-likeness (QED) is 0.0956. The third kappa shape index (κ3) is 11.0. The van der Waals surface area contributed by atoms with Crippen LogP contribution in [-0.4, -0.2) is 14.1 Å². The number of pyridine rings is 1. The number of aromatic nitrogens is 4. The van der Waals surface area contributed by atoms with Crippen molar-refractivity contribution < 1.29 is 40.8 Å². The molecule has 5 nitrogen and oxygen atoms in total. The molecule has 0 bridgehead atoms. The molecule has 14 aromatic rings. The van der Waals surface area contributed by atoms with Crippen LogP contribution in [0.3, 0.4) is 0 Å². The molecule has 0 saturated carbocycles. The standard InChI is InChI=1S/C84H72N4O/c1-82(2,3)66-41-42-85-80(52-66)88-76-36-23-22-35-72(76)73-39-38-71(54-78(73)88)89-70-34-24-33-69(53-70)86-55-87(77-40-37-60(50-79(77)86)56-25-14-10-15-26-56)81-74(64-44-61(57-27-16-11-17-28-57)43-62(45-64)58-29-18-12-19-30-58)48-63(59-31-20-13-21-32-59)49-75(81)65-46-67(83(4,5)6)51-68(47-65)84(7,8)9/h10-54H,1-9H3/i10D,11D,12D,13D,14D,15D,16D,17D,18D,19D,20D,21D,25D,26D,27D,28D,29D,30D,31D,32D,43D,44D,45D. The van der Waals surface area contributed by atoms with Gasteiger partial charge in [-0.3, -0.25) is 13.7 Å². The molecule has 3 aromatic heterocycles. The first kappa shape index (κ1) is 36.1. The Labute approximate surface area is 555 Å². The Morgan fingerprint density at radius 2 is 0.944 bits per heavy atom. The van der Waals surface area contributed by atoms with Gasteiger partial charge in [0.2, 0.25) is 0 Å². The molecule has 0 aliphatic heterocycles. The average Bonchev–Trinajstić information content (AvgIpc) is 1.01. The predicted octanol–water partition coefficient (Wildman–Crippen LogP) is 21.9. The molecule has 0 fully saturated rings. The van der Waals surface area contributed by atoms with Gasteiger partial charge in [-0.15, -0.1) is 0 Å². The minimum Gasteiger partial charge on any atom is -0.458 e. The number of imidazole rings is 1. The fourth-order valence-electron chi connectivity index (χ4n) is 11.2. The van der Waals surface area contributed by atoms with E-state index >= 15 is 0 Å². The summed E-state index contributed by atoms with van der Waals surface area (Å²) in [5, 5.41) is 1.90. The third-order valence-corrected chi connectivity index (χ3v) is 15.9. The lowest BCUT2D eigenvalue weighted by molar-refractivity contribution is -0.571. The van der Waals surface area contributed by atoms with Crippen molar-refractivity contribution in [2.75, 3.05) is 0 Å². The summed E-state index contributed by atoms with van der Waals surface area (Å²) < 4.78 is 226. The lowest BCUT2D eigenvalue weighted by Gasteiger charge is -2.27. The largest absolute Gasteiger partial charge is 0.458 e. The average molecular weight is 1180 g/mol. The second-order valence-electron chi connectivity index (χ2n) is 25.0. The number of nitrogens with zero attached hydrogens (tertiary/aromatic N) is 4. The fraction of sp³-hybridized carbons (Fsp3) is 0.143. The summed E-state index contributed by atoms with van der Waals surface area (Å²) in [6.07, 6.45) is 5.35. The van der Waals surface area contributed by atoms with Crippen LogP contribution in [0.15, 0.2) is 273 Å². The van der Waals surface area contributed by atoms with Crippen LogP contribution in [0.1, 0.15) is 111 Å². The van der Waals surface area contributed by atoms with Crippen molar-refractivity contribution in [3.63, 3.8) is 0 Å². The molecule has 0 unspecified atom stereocenters. The van der Waals surface area contributed by atoms with Crippen molar-refractivity contribution >= 4 is 32.8 Å². The number of hydrogen-bond donors (Lipinski definition) is 0. The Morgan fingerprint density at radius 3 is 1.55 bits per heavy atom. The summed E-state index contributed by atoms with van der Waals surface area (Å²) in [6, 6.07) is 20.0. The van der Waals surface area contributed by atoms with E-state index < -0.39 is 178 Å². The highest BCUT2D eigenvalue weighted by Gasteiger charge is 2.27. The molecule has 89 heavy (non-hydrogen) atoms. The second-order valence-corrected chi connectivity index (χ2v) is 25.0. The zero-order valence-electron chi connectivity index (χ0n) is 73.4. The first-order valence-electron chi connectivity index (χ1n) is 40.6. The first-order chi connectivity index (χ1) is 52.5. The van der Waals surface area contributed by atoms with Gasteiger partial charge in [-0.2, -0.15) is 0 Å². The molecule has 5 heteroatoms. The normalized spacial score (nSPS) is 15.7. The molecule has 11 aromatic carbocycles. The smallest absolute Gasteiger partial charge is 0.269 e. The molecule has 0 atom stereocenters. The number of hydrogen-bond acceptors (Lipinski definition) is 2. The maximum atomic E-state index is 10.7. The summed E-state index contributed by atoms with van der Waals surface area (Å²) >= 11 is 0. The molecule has 3 heterocycles. The zero-order chi connectivity index (χ0) is 81.2. The Morgan fingerprint density at radius 1 is 0.404 bits per heavy atom. The van der Waals surface area contributed by atoms with Crippen LogP contribution in [0.25, 0.3) is 117 Å². The summed E-state index contributed by atoms with van der Waals surface area (Å²) in [4.78, 5) is 4.87. The van der Waals surface area contributed by atoms with Crippen LogP contribution in [0.4, 0.5) is 0 Å². The molecule has 0 N–H and O–H groups in total. The van der Waals surface area contributed by atoms with E-state index in [2.05, 4.69) is 37.7 Å². The van der Waals surface area contributed by atoms with Crippen molar-refractivity contribution in [1.82, 2.24) is 14.1 Å². The summed E-state index contributed by atoms with van der Waals surface area (Å²) in [6.45, 7) is 18.4. The molecule has 0 spiro atoms. The molecule has 0 radical (unpaired) electrons. The Kier molecular flexibility index (Phi) is 9.08. The SMILES string of the molecule is [2H]c1c([2H])c([2H])c(-c2cc(-c3cc(C(C)(C)C)cc(C(C)(C)C)c3)c(-[n+]3[c-]n(-c4cccc(Oc5ccc6c7ccccc7n(-c7cc(C(C)(C)C)ccn7)c6c5)c4)c4cc(-c5c([2H])c([2H])c([2H])c([2H])c5[2H])ccc43)c(-c3c([2H])c(-c4c([2H])c([2H])c([2H])c([2H])c4[2H])c([2H])c(-c4c([2H])c([2H])c([2H])c([2H])c4[2H])c3[2H])c2)c([2H])c1[2H]. The number of ether oxygens (including phenoxy) is 1. The molecule has 14 rings (SSSR count). The van der Waals surface area contributed by atoms with Crippen LogP contribution < -0.4 is 9.30 Å². The highest BCUT2D eigenvalue weighted by molar-refractivity contribution is 6.09. The monoisotopic (exact) mass is 1180 g/mol. The van der Waals surface area contributed by atoms with E-state index in [1.807, 2.05) is 108 Å². The number of rotatable bonds is 11. The minimum atomic E-state index is -0.949. The van der Waals surface area contributed by atoms with Gasteiger partial charge >= 0.3 is 0 Å². The van der Waals surface area contributed by atoms with Crippen LogP contribution in [-0.2, 0) is 16.2 Å². The van der Waals surface area contributed by atoms with E-state index in [0.29, 0.717) is 28.6 Å². The number of benzene rings is 11.